The average Bonchev–Trinajstić information content (AvgIpc) is 2.35. The van der Waals surface area contributed by atoms with Gasteiger partial charge < -0.3 is 10.2 Å². The second-order valence-corrected chi connectivity index (χ2v) is 6.55. The fraction of sp³-hybridized carbons (Fsp3) is 0.417. The van der Waals surface area contributed by atoms with Crippen molar-refractivity contribution < 1.29 is 13.2 Å². The first kappa shape index (κ1) is 15.5. The molecule has 7 heteroatoms. The Morgan fingerprint density at radius 2 is 1.74 bits per heavy atom. The van der Waals surface area contributed by atoms with Crippen molar-refractivity contribution in [3.63, 3.8) is 0 Å². The lowest BCUT2D eigenvalue weighted by Gasteiger charge is -2.17. The number of anilines is 1. The molecule has 0 fully saturated rings. The highest BCUT2D eigenvalue weighted by atomic mass is 32.2. The third-order valence-corrected chi connectivity index (χ3v) is 4.45. The van der Waals surface area contributed by atoms with Crippen LogP contribution in [0.5, 0.6) is 0 Å². The van der Waals surface area contributed by atoms with Gasteiger partial charge in [-0.25, -0.2) is 12.7 Å². The summed E-state index contributed by atoms with van der Waals surface area (Å²) in [6, 6.07) is 6.52. The van der Waals surface area contributed by atoms with Crippen LogP contribution in [0.25, 0.3) is 0 Å². The topological polar surface area (TPSA) is 69.7 Å². The lowest BCUT2D eigenvalue weighted by atomic mass is 10.3. The van der Waals surface area contributed by atoms with Gasteiger partial charge in [0.2, 0.25) is 15.9 Å². The number of sulfonamides is 1. The molecule has 0 heterocycles. The molecule has 0 atom stereocenters. The molecule has 1 rings (SSSR count). The number of nitrogens with one attached hydrogen (secondary N) is 1. The van der Waals surface area contributed by atoms with Crippen LogP contribution in [-0.4, -0.2) is 58.3 Å². The van der Waals surface area contributed by atoms with Crippen LogP contribution in [-0.2, 0) is 14.8 Å². The zero-order chi connectivity index (χ0) is 14.6. The summed E-state index contributed by atoms with van der Waals surface area (Å²) >= 11 is 0. The zero-order valence-electron chi connectivity index (χ0n) is 11.5. The third-order valence-electron chi connectivity index (χ3n) is 2.57. The molecule has 0 radical (unpaired) electrons. The van der Waals surface area contributed by atoms with Crippen LogP contribution < -0.4 is 5.32 Å². The molecule has 1 aromatic rings. The van der Waals surface area contributed by atoms with E-state index in [1.54, 1.807) is 32.3 Å². The minimum Gasteiger partial charge on any atom is -0.375 e. The molecule has 1 amide bonds. The number of rotatable bonds is 5. The van der Waals surface area contributed by atoms with Crippen molar-refractivity contribution >= 4 is 21.6 Å². The SMILES string of the molecule is CN(C)C(=O)CNc1ccccc1S(=O)(=O)N(C)C. The van der Waals surface area contributed by atoms with Gasteiger partial charge in [-0.1, -0.05) is 12.1 Å². The Labute approximate surface area is 114 Å². The maximum Gasteiger partial charge on any atom is 0.244 e. The Bertz CT molecular complexity index is 553. The van der Waals surface area contributed by atoms with E-state index in [1.807, 2.05) is 0 Å². The van der Waals surface area contributed by atoms with Crippen molar-refractivity contribution in [2.45, 2.75) is 4.90 Å². The summed E-state index contributed by atoms with van der Waals surface area (Å²) in [6.07, 6.45) is 0. The van der Waals surface area contributed by atoms with Gasteiger partial charge in [-0.2, -0.15) is 0 Å². The summed E-state index contributed by atoms with van der Waals surface area (Å²) in [7, 11) is 2.70. The van der Waals surface area contributed by atoms with E-state index in [1.165, 1.54) is 25.1 Å². The van der Waals surface area contributed by atoms with Gasteiger partial charge in [0.05, 0.1) is 12.2 Å². The van der Waals surface area contributed by atoms with Crippen molar-refractivity contribution in [2.75, 3.05) is 40.1 Å². The van der Waals surface area contributed by atoms with Crippen LogP contribution in [0, 0.1) is 0 Å². The maximum absolute atomic E-state index is 12.1. The van der Waals surface area contributed by atoms with Gasteiger partial charge in [0.1, 0.15) is 4.90 Å². The quantitative estimate of drug-likeness (QED) is 0.852. The lowest BCUT2D eigenvalue weighted by molar-refractivity contribution is -0.126. The molecule has 6 nitrogen and oxygen atoms in total. The van der Waals surface area contributed by atoms with Gasteiger partial charge in [0.25, 0.3) is 0 Å². The van der Waals surface area contributed by atoms with Crippen molar-refractivity contribution in [3.05, 3.63) is 24.3 Å². The molecule has 0 bridgehead atoms. The summed E-state index contributed by atoms with van der Waals surface area (Å²) < 4.78 is 25.4. The maximum atomic E-state index is 12.1. The fourth-order valence-corrected chi connectivity index (χ4v) is 2.43. The largest absolute Gasteiger partial charge is 0.375 e. The Morgan fingerprint density at radius 3 is 2.26 bits per heavy atom. The highest BCUT2D eigenvalue weighted by Crippen LogP contribution is 2.22. The predicted octanol–water partition coefficient (Wildman–Crippen LogP) is 0.437. The Hall–Kier alpha value is -1.60. The van der Waals surface area contributed by atoms with Gasteiger partial charge in [-0.15, -0.1) is 0 Å². The van der Waals surface area contributed by atoms with E-state index in [2.05, 4.69) is 5.32 Å². The number of hydrogen-bond donors (Lipinski definition) is 1. The molecule has 0 aliphatic carbocycles. The van der Waals surface area contributed by atoms with Crippen LogP contribution in [0.4, 0.5) is 5.69 Å². The average molecular weight is 285 g/mol. The molecule has 0 aromatic heterocycles. The van der Waals surface area contributed by atoms with Gasteiger partial charge in [-0.05, 0) is 12.1 Å². The lowest BCUT2D eigenvalue weighted by Crippen LogP contribution is -2.29. The molecule has 0 spiro atoms. The molecule has 0 aliphatic rings. The summed E-state index contributed by atoms with van der Waals surface area (Å²) in [6.45, 7) is 0.0486. The summed E-state index contributed by atoms with van der Waals surface area (Å²) in [4.78, 5) is 13.1. The first-order valence-corrected chi connectivity index (χ1v) is 7.16. The van der Waals surface area contributed by atoms with E-state index in [0.717, 1.165) is 4.31 Å². The Balaban J connectivity index is 3.01. The number of carbonyl (C=O) groups excluding carboxylic acids is 1. The van der Waals surface area contributed by atoms with Crippen molar-refractivity contribution in [2.24, 2.45) is 0 Å². The van der Waals surface area contributed by atoms with Gasteiger partial charge in [0.15, 0.2) is 0 Å². The van der Waals surface area contributed by atoms with Crippen LogP contribution in [0.2, 0.25) is 0 Å². The number of benzene rings is 1. The first-order valence-electron chi connectivity index (χ1n) is 5.72. The second kappa shape index (κ2) is 6.03. The van der Waals surface area contributed by atoms with E-state index < -0.39 is 10.0 Å². The van der Waals surface area contributed by atoms with Crippen molar-refractivity contribution in [1.82, 2.24) is 9.21 Å². The molecule has 1 aromatic carbocycles. The monoisotopic (exact) mass is 285 g/mol. The summed E-state index contributed by atoms with van der Waals surface area (Å²) in [5.74, 6) is -0.128. The fourth-order valence-electron chi connectivity index (χ4n) is 1.36. The van der Waals surface area contributed by atoms with Gasteiger partial charge in [0, 0.05) is 28.2 Å². The van der Waals surface area contributed by atoms with E-state index >= 15 is 0 Å². The molecular weight excluding hydrogens is 266 g/mol. The first-order chi connectivity index (χ1) is 8.76. The number of amides is 1. The smallest absolute Gasteiger partial charge is 0.244 e. The van der Waals surface area contributed by atoms with Crippen LogP contribution >= 0.6 is 0 Å². The highest BCUT2D eigenvalue weighted by molar-refractivity contribution is 7.89. The molecule has 106 valence electrons. The van der Waals surface area contributed by atoms with E-state index in [4.69, 9.17) is 0 Å². The Morgan fingerprint density at radius 1 is 1.16 bits per heavy atom. The van der Waals surface area contributed by atoms with Crippen LogP contribution in [0.1, 0.15) is 0 Å². The molecule has 0 aliphatic heterocycles. The predicted molar refractivity (Wildman–Crippen MR) is 74.5 cm³/mol. The molecular formula is C12H19N3O3S. The molecule has 0 saturated heterocycles. The zero-order valence-corrected chi connectivity index (χ0v) is 12.4. The normalized spacial score (nSPS) is 11.4. The molecule has 1 N–H and O–H groups in total. The standard InChI is InChI=1S/C12H19N3O3S/c1-14(2)12(16)9-13-10-7-5-6-8-11(10)19(17,18)15(3)4/h5-8,13H,9H2,1-4H3. The van der Waals surface area contributed by atoms with Crippen molar-refractivity contribution in [1.29, 1.82) is 0 Å². The highest BCUT2D eigenvalue weighted by Gasteiger charge is 2.20. The Kier molecular flexibility index (Phi) is 4.90. The number of para-hydroxylation sites is 1. The minimum atomic E-state index is -3.53. The summed E-state index contributed by atoms with van der Waals surface area (Å²) in [5.41, 5.74) is 0.423. The second-order valence-electron chi connectivity index (χ2n) is 4.43. The van der Waals surface area contributed by atoms with E-state index in [-0.39, 0.29) is 17.3 Å². The number of nitrogens with zero attached hydrogens (tertiary/aromatic N) is 2. The number of hydrogen-bond acceptors (Lipinski definition) is 4. The minimum absolute atomic E-state index is 0.0486. The molecule has 0 unspecified atom stereocenters. The van der Waals surface area contributed by atoms with Crippen LogP contribution in [0.15, 0.2) is 29.2 Å². The number of carbonyl (C=O) groups is 1. The van der Waals surface area contributed by atoms with Gasteiger partial charge in [-0.3, -0.25) is 4.79 Å². The molecule has 19 heavy (non-hydrogen) atoms. The number of likely N-dealkylation sites (N-methyl/N-ethyl adjacent to an activating group) is 1. The van der Waals surface area contributed by atoms with E-state index in [0.29, 0.717) is 5.69 Å². The van der Waals surface area contributed by atoms with Gasteiger partial charge >= 0.3 is 0 Å². The third kappa shape index (κ3) is 3.68. The molecule has 0 saturated carbocycles. The van der Waals surface area contributed by atoms with Crippen molar-refractivity contribution in [3.8, 4) is 0 Å². The van der Waals surface area contributed by atoms with Crippen LogP contribution in [0.3, 0.4) is 0 Å². The summed E-state index contributed by atoms with van der Waals surface area (Å²) in [5, 5.41) is 2.86. The van der Waals surface area contributed by atoms with E-state index in [9.17, 15) is 13.2 Å².